The number of nitrogens with one attached hydrogen (secondary N) is 1. The lowest BCUT2D eigenvalue weighted by atomic mass is 9.90. The minimum absolute atomic E-state index is 0.154. The maximum absolute atomic E-state index is 13.7. The van der Waals surface area contributed by atoms with Crippen molar-refractivity contribution in [3.63, 3.8) is 0 Å². The number of hydrogen-bond acceptors (Lipinski definition) is 4. The number of urea groups is 1. The third kappa shape index (κ3) is 4.72. The second-order valence-electron chi connectivity index (χ2n) is 6.26. The van der Waals surface area contributed by atoms with E-state index in [0.29, 0.717) is 36.1 Å². The van der Waals surface area contributed by atoms with Crippen LogP contribution in [-0.4, -0.2) is 34.2 Å². The van der Waals surface area contributed by atoms with Crippen LogP contribution in [0.1, 0.15) is 29.8 Å². The van der Waals surface area contributed by atoms with Crippen molar-refractivity contribution in [1.29, 1.82) is 0 Å². The Balaban J connectivity index is 1.44. The number of anilines is 1. The lowest BCUT2D eigenvalue weighted by Gasteiger charge is -2.31. The molecule has 5 nitrogen and oxygen atoms in total. The number of aromatic nitrogens is 2. The van der Waals surface area contributed by atoms with Gasteiger partial charge in [0.2, 0.25) is 5.13 Å². The number of benzene rings is 1. The van der Waals surface area contributed by atoms with Crippen LogP contribution in [0.2, 0.25) is 0 Å². The van der Waals surface area contributed by atoms with Gasteiger partial charge in [0.15, 0.2) is 0 Å². The highest BCUT2D eigenvalue weighted by atomic mass is 32.1. The van der Waals surface area contributed by atoms with E-state index < -0.39 is 11.6 Å². The molecule has 2 heterocycles. The van der Waals surface area contributed by atoms with Crippen LogP contribution in [0.25, 0.3) is 0 Å². The third-order valence-corrected chi connectivity index (χ3v) is 5.23. The summed E-state index contributed by atoms with van der Waals surface area (Å²) < 4.78 is 26.6. The van der Waals surface area contributed by atoms with Crippen molar-refractivity contribution in [2.45, 2.75) is 32.6 Å². The van der Waals surface area contributed by atoms with Gasteiger partial charge in [-0.2, -0.15) is 0 Å². The average molecular weight is 366 g/mol. The van der Waals surface area contributed by atoms with Crippen LogP contribution >= 0.6 is 11.3 Å². The molecule has 0 aliphatic carbocycles. The first-order chi connectivity index (χ1) is 12.0. The molecule has 3 rings (SSSR count). The number of halogens is 2. The van der Waals surface area contributed by atoms with Crippen LogP contribution in [0.15, 0.2) is 18.2 Å². The molecule has 8 heteroatoms. The van der Waals surface area contributed by atoms with Crippen molar-refractivity contribution in [3.05, 3.63) is 40.4 Å². The van der Waals surface area contributed by atoms with E-state index in [4.69, 9.17) is 0 Å². The van der Waals surface area contributed by atoms with Crippen molar-refractivity contribution in [2.24, 2.45) is 5.92 Å². The highest BCUT2D eigenvalue weighted by Gasteiger charge is 2.23. The van der Waals surface area contributed by atoms with Gasteiger partial charge in [0.25, 0.3) is 0 Å². The number of hydrogen-bond donors (Lipinski definition) is 1. The van der Waals surface area contributed by atoms with E-state index in [-0.39, 0.29) is 6.03 Å². The van der Waals surface area contributed by atoms with E-state index in [1.165, 1.54) is 23.5 Å². The van der Waals surface area contributed by atoms with E-state index in [9.17, 15) is 13.6 Å². The van der Waals surface area contributed by atoms with Crippen LogP contribution in [-0.2, 0) is 6.42 Å². The number of rotatable bonds is 4. The number of piperidine rings is 1. The zero-order valence-corrected chi connectivity index (χ0v) is 14.8. The summed E-state index contributed by atoms with van der Waals surface area (Å²) in [4.78, 5) is 14.0. The Morgan fingerprint density at radius 1 is 1.32 bits per heavy atom. The first-order valence-electron chi connectivity index (χ1n) is 8.31. The molecule has 0 spiro atoms. The second kappa shape index (κ2) is 7.86. The van der Waals surface area contributed by atoms with Gasteiger partial charge in [0, 0.05) is 19.2 Å². The summed E-state index contributed by atoms with van der Waals surface area (Å²) in [6.45, 7) is 3.17. The summed E-state index contributed by atoms with van der Waals surface area (Å²) in [6, 6.07) is 3.58. The normalized spacial score (nSPS) is 15.4. The first kappa shape index (κ1) is 17.7. The Morgan fingerprint density at radius 2 is 2.08 bits per heavy atom. The van der Waals surface area contributed by atoms with Gasteiger partial charge < -0.3 is 4.90 Å². The monoisotopic (exact) mass is 366 g/mol. The Hall–Kier alpha value is -2.09. The van der Waals surface area contributed by atoms with Crippen LogP contribution in [0.4, 0.5) is 18.7 Å². The fourth-order valence-corrected chi connectivity index (χ4v) is 3.61. The quantitative estimate of drug-likeness (QED) is 0.890. The van der Waals surface area contributed by atoms with Crippen LogP contribution < -0.4 is 5.32 Å². The zero-order valence-electron chi connectivity index (χ0n) is 14.0. The molecule has 1 fully saturated rings. The summed E-state index contributed by atoms with van der Waals surface area (Å²) >= 11 is 1.35. The Bertz CT molecular complexity index is 744. The molecule has 0 radical (unpaired) electrons. The van der Waals surface area contributed by atoms with Crippen LogP contribution in [0.3, 0.4) is 0 Å². The zero-order chi connectivity index (χ0) is 17.8. The first-order valence-corrected chi connectivity index (χ1v) is 9.13. The lowest BCUT2D eigenvalue weighted by Crippen LogP contribution is -2.41. The predicted octanol–water partition coefficient (Wildman–Crippen LogP) is 4.00. The van der Waals surface area contributed by atoms with Crippen molar-refractivity contribution >= 4 is 22.5 Å². The van der Waals surface area contributed by atoms with Crippen molar-refractivity contribution in [2.75, 3.05) is 18.4 Å². The number of aryl methyl sites for hydroxylation is 2. The van der Waals surface area contributed by atoms with E-state index in [2.05, 4.69) is 15.5 Å². The maximum Gasteiger partial charge on any atom is 0.323 e. The molecule has 1 aliphatic heterocycles. The van der Waals surface area contributed by atoms with Gasteiger partial charge in [-0.25, -0.2) is 13.6 Å². The SMILES string of the molecule is Cc1nnc(NC(=O)N2CCC(CCc3ccc(F)cc3F)CC2)s1. The maximum atomic E-state index is 13.7. The standard InChI is InChI=1S/C17H20F2N4OS/c1-11-21-22-16(25-11)20-17(24)23-8-6-12(7-9-23)2-3-13-4-5-14(18)10-15(13)19/h4-5,10,12H,2-3,6-9H2,1H3,(H,20,22,24). The fourth-order valence-electron chi connectivity index (χ4n) is 3.03. The molecule has 1 aromatic carbocycles. The average Bonchev–Trinajstić information content (AvgIpc) is 2.99. The van der Waals surface area contributed by atoms with Crippen LogP contribution in [0, 0.1) is 24.5 Å². The molecule has 2 amide bonds. The van der Waals surface area contributed by atoms with Gasteiger partial charge >= 0.3 is 6.03 Å². The molecule has 2 aromatic rings. The molecule has 0 atom stereocenters. The molecule has 0 unspecified atom stereocenters. The largest absolute Gasteiger partial charge is 0.324 e. The summed E-state index contributed by atoms with van der Waals surface area (Å²) in [7, 11) is 0. The molecule has 1 aromatic heterocycles. The Labute approximate surface area is 149 Å². The smallest absolute Gasteiger partial charge is 0.323 e. The third-order valence-electron chi connectivity index (χ3n) is 4.48. The Morgan fingerprint density at radius 3 is 2.72 bits per heavy atom. The fraction of sp³-hybridized carbons (Fsp3) is 0.471. The molecule has 0 saturated carbocycles. The summed E-state index contributed by atoms with van der Waals surface area (Å²) in [5.41, 5.74) is 0.549. The van der Waals surface area contributed by atoms with E-state index in [1.807, 2.05) is 6.92 Å². The highest BCUT2D eigenvalue weighted by Crippen LogP contribution is 2.24. The molecule has 1 saturated heterocycles. The number of carbonyl (C=O) groups excluding carboxylic acids is 1. The van der Waals surface area contributed by atoms with Gasteiger partial charge in [-0.3, -0.25) is 5.32 Å². The number of nitrogens with zero attached hydrogens (tertiary/aromatic N) is 3. The Kier molecular flexibility index (Phi) is 5.57. The van der Waals surface area contributed by atoms with Gasteiger partial charge in [-0.15, -0.1) is 10.2 Å². The van der Waals surface area contributed by atoms with Gasteiger partial charge in [0.05, 0.1) is 0 Å². The van der Waals surface area contributed by atoms with Gasteiger partial charge in [-0.1, -0.05) is 17.4 Å². The molecular formula is C17H20F2N4OS. The topological polar surface area (TPSA) is 58.1 Å². The van der Waals surface area contributed by atoms with E-state index >= 15 is 0 Å². The lowest BCUT2D eigenvalue weighted by molar-refractivity contribution is 0.180. The van der Waals surface area contributed by atoms with Crippen molar-refractivity contribution < 1.29 is 13.6 Å². The molecule has 134 valence electrons. The minimum Gasteiger partial charge on any atom is -0.324 e. The summed E-state index contributed by atoms with van der Waals surface area (Å²) in [5.74, 6) is -0.590. The number of amides is 2. The van der Waals surface area contributed by atoms with Crippen LogP contribution in [0.5, 0.6) is 0 Å². The summed E-state index contributed by atoms with van der Waals surface area (Å²) in [5, 5.41) is 11.8. The molecule has 1 N–H and O–H groups in total. The highest BCUT2D eigenvalue weighted by molar-refractivity contribution is 7.15. The number of carbonyl (C=O) groups is 1. The second-order valence-corrected chi connectivity index (χ2v) is 7.44. The van der Waals surface area contributed by atoms with E-state index in [1.54, 1.807) is 4.90 Å². The van der Waals surface area contributed by atoms with E-state index in [0.717, 1.165) is 30.3 Å². The molecule has 25 heavy (non-hydrogen) atoms. The number of likely N-dealkylation sites (tertiary alicyclic amines) is 1. The van der Waals surface area contributed by atoms with Crippen molar-refractivity contribution in [3.8, 4) is 0 Å². The summed E-state index contributed by atoms with van der Waals surface area (Å²) in [6.07, 6.45) is 3.19. The van der Waals surface area contributed by atoms with Gasteiger partial charge in [0.1, 0.15) is 16.6 Å². The van der Waals surface area contributed by atoms with Crippen molar-refractivity contribution in [1.82, 2.24) is 15.1 Å². The minimum atomic E-state index is -0.550. The van der Waals surface area contributed by atoms with Gasteiger partial charge in [-0.05, 0) is 50.2 Å². The molecule has 1 aliphatic rings. The predicted molar refractivity (Wildman–Crippen MR) is 92.6 cm³/mol. The molecular weight excluding hydrogens is 346 g/mol. The molecule has 0 bridgehead atoms.